The van der Waals surface area contributed by atoms with Gasteiger partial charge in [-0.3, -0.25) is 0 Å². The number of rotatable bonds is 5. The number of hydrogen-bond donors (Lipinski definition) is 2. The van der Waals surface area contributed by atoms with Gasteiger partial charge in [-0.15, -0.1) is 0 Å². The van der Waals surface area contributed by atoms with Crippen LogP contribution >= 0.6 is 28.6 Å². The second-order valence-electron chi connectivity index (χ2n) is 4.41. The predicted octanol–water partition coefficient (Wildman–Crippen LogP) is 3.39. The van der Waals surface area contributed by atoms with Crippen LogP contribution in [0.5, 0.6) is 0 Å². The Balaban J connectivity index is 2.83. The average molecular weight is 306 g/mol. The lowest BCUT2D eigenvalue weighted by molar-refractivity contribution is 0.451. The van der Waals surface area contributed by atoms with Gasteiger partial charge in [0.25, 0.3) is 0 Å². The Kier molecular flexibility index (Phi) is 5.28. The maximum atomic E-state index is 13.7. The standard InChI is InChI=1S/C12H17BrFNS/c1-12(2,8-15-5-6-16)10-7-9(13)3-4-11(10)14/h3-4,7,15-16H,5-6,8H2,1-2H3. The van der Waals surface area contributed by atoms with E-state index in [2.05, 4.69) is 33.9 Å². The van der Waals surface area contributed by atoms with Gasteiger partial charge in [-0.05, 0) is 23.8 Å². The van der Waals surface area contributed by atoms with Crippen LogP contribution in [0.4, 0.5) is 4.39 Å². The summed E-state index contributed by atoms with van der Waals surface area (Å²) in [4.78, 5) is 0. The molecule has 0 spiro atoms. The third kappa shape index (κ3) is 3.75. The summed E-state index contributed by atoms with van der Waals surface area (Å²) in [7, 11) is 0. The van der Waals surface area contributed by atoms with Crippen molar-refractivity contribution in [2.45, 2.75) is 19.3 Å². The molecule has 16 heavy (non-hydrogen) atoms. The van der Waals surface area contributed by atoms with Crippen LogP contribution in [0.25, 0.3) is 0 Å². The summed E-state index contributed by atoms with van der Waals surface area (Å²) < 4.78 is 14.6. The van der Waals surface area contributed by atoms with Gasteiger partial charge < -0.3 is 5.32 Å². The first-order chi connectivity index (χ1) is 7.47. The van der Waals surface area contributed by atoms with Crippen molar-refractivity contribution < 1.29 is 4.39 Å². The Labute approximate surface area is 110 Å². The normalized spacial score (nSPS) is 11.8. The summed E-state index contributed by atoms with van der Waals surface area (Å²) in [5.74, 6) is 0.637. The molecule has 1 aromatic rings. The zero-order valence-corrected chi connectivity index (χ0v) is 12.0. The summed E-state index contributed by atoms with van der Waals surface area (Å²) >= 11 is 7.50. The highest BCUT2D eigenvalue weighted by molar-refractivity contribution is 9.10. The molecule has 0 saturated carbocycles. The Morgan fingerprint density at radius 1 is 1.44 bits per heavy atom. The minimum atomic E-state index is -0.225. The second-order valence-corrected chi connectivity index (χ2v) is 5.77. The zero-order valence-electron chi connectivity index (χ0n) is 9.56. The molecule has 90 valence electrons. The molecular formula is C12H17BrFNS. The highest BCUT2D eigenvalue weighted by Gasteiger charge is 2.23. The Morgan fingerprint density at radius 3 is 2.75 bits per heavy atom. The maximum Gasteiger partial charge on any atom is 0.127 e. The minimum absolute atomic E-state index is 0.152. The molecule has 0 aliphatic heterocycles. The predicted molar refractivity (Wildman–Crippen MR) is 73.8 cm³/mol. The van der Waals surface area contributed by atoms with Gasteiger partial charge >= 0.3 is 0 Å². The van der Waals surface area contributed by atoms with Crippen molar-refractivity contribution in [3.63, 3.8) is 0 Å². The Hall–Kier alpha value is -0.0600. The number of thiol groups is 1. The third-order valence-electron chi connectivity index (χ3n) is 2.51. The molecule has 0 amide bonds. The van der Waals surface area contributed by atoms with E-state index in [9.17, 15) is 4.39 Å². The van der Waals surface area contributed by atoms with E-state index in [0.717, 1.165) is 28.9 Å². The molecule has 0 unspecified atom stereocenters. The largest absolute Gasteiger partial charge is 0.315 e. The quantitative estimate of drug-likeness (QED) is 0.628. The lowest BCUT2D eigenvalue weighted by Gasteiger charge is -2.26. The molecule has 1 nitrogen and oxygen atoms in total. The van der Waals surface area contributed by atoms with Crippen LogP contribution in [0.2, 0.25) is 0 Å². The van der Waals surface area contributed by atoms with E-state index in [0.29, 0.717) is 0 Å². The van der Waals surface area contributed by atoms with Crippen molar-refractivity contribution >= 4 is 28.6 Å². The van der Waals surface area contributed by atoms with E-state index in [1.807, 2.05) is 19.9 Å². The van der Waals surface area contributed by atoms with Crippen molar-refractivity contribution in [1.29, 1.82) is 0 Å². The number of halogens is 2. The fourth-order valence-corrected chi connectivity index (χ4v) is 2.11. The van der Waals surface area contributed by atoms with Gasteiger partial charge in [-0.25, -0.2) is 4.39 Å². The van der Waals surface area contributed by atoms with Crippen LogP contribution in [0.15, 0.2) is 22.7 Å². The zero-order chi connectivity index (χ0) is 12.2. The minimum Gasteiger partial charge on any atom is -0.315 e. The molecule has 0 aliphatic carbocycles. The monoisotopic (exact) mass is 305 g/mol. The third-order valence-corrected chi connectivity index (χ3v) is 3.23. The number of benzene rings is 1. The van der Waals surface area contributed by atoms with E-state index < -0.39 is 0 Å². The maximum absolute atomic E-state index is 13.7. The van der Waals surface area contributed by atoms with E-state index in [1.54, 1.807) is 6.07 Å². The lowest BCUT2D eigenvalue weighted by Crippen LogP contribution is -2.34. The topological polar surface area (TPSA) is 12.0 Å². The van der Waals surface area contributed by atoms with Crippen LogP contribution in [0, 0.1) is 5.82 Å². The van der Waals surface area contributed by atoms with Gasteiger partial charge in [0, 0.05) is 28.7 Å². The van der Waals surface area contributed by atoms with Gasteiger partial charge in [-0.2, -0.15) is 12.6 Å². The molecule has 0 aromatic heterocycles. The molecule has 0 atom stereocenters. The van der Waals surface area contributed by atoms with Crippen LogP contribution in [-0.4, -0.2) is 18.8 Å². The lowest BCUT2D eigenvalue weighted by atomic mass is 9.84. The summed E-state index contributed by atoms with van der Waals surface area (Å²) in [5, 5.41) is 3.26. The summed E-state index contributed by atoms with van der Waals surface area (Å²) in [6.45, 7) is 5.63. The number of hydrogen-bond acceptors (Lipinski definition) is 2. The summed E-state index contributed by atoms with van der Waals surface area (Å²) in [6, 6.07) is 5.06. The first kappa shape index (κ1) is 14.0. The molecule has 0 radical (unpaired) electrons. The van der Waals surface area contributed by atoms with Crippen molar-refractivity contribution in [1.82, 2.24) is 5.32 Å². The van der Waals surface area contributed by atoms with Gasteiger partial charge in [0.15, 0.2) is 0 Å². The fraction of sp³-hybridized carbons (Fsp3) is 0.500. The second kappa shape index (κ2) is 6.03. The van der Waals surface area contributed by atoms with Gasteiger partial charge in [0.1, 0.15) is 5.82 Å². The molecule has 0 fully saturated rings. The molecule has 0 aliphatic rings. The highest BCUT2D eigenvalue weighted by atomic mass is 79.9. The smallest absolute Gasteiger partial charge is 0.127 e. The first-order valence-electron chi connectivity index (χ1n) is 5.24. The van der Waals surface area contributed by atoms with Crippen LogP contribution in [-0.2, 0) is 5.41 Å². The summed E-state index contributed by atoms with van der Waals surface area (Å²) in [5.41, 5.74) is 0.505. The van der Waals surface area contributed by atoms with Gasteiger partial charge in [0.2, 0.25) is 0 Å². The molecular weight excluding hydrogens is 289 g/mol. The van der Waals surface area contributed by atoms with E-state index in [1.165, 1.54) is 6.07 Å². The highest BCUT2D eigenvalue weighted by Crippen LogP contribution is 2.27. The molecule has 1 N–H and O–H groups in total. The molecule has 0 bridgehead atoms. The molecule has 1 aromatic carbocycles. The first-order valence-corrected chi connectivity index (χ1v) is 6.67. The fourth-order valence-electron chi connectivity index (χ4n) is 1.59. The SMILES string of the molecule is CC(C)(CNCCS)c1cc(Br)ccc1F. The van der Waals surface area contributed by atoms with Crippen LogP contribution < -0.4 is 5.32 Å². The van der Waals surface area contributed by atoms with Crippen molar-refractivity contribution in [2.75, 3.05) is 18.8 Å². The van der Waals surface area contributed by atoms with E-state index in [-0.39, 0.29) is 11.2 Å². The van der Waals surface area contributed by atoms with Crippen molar-refractivity contribution in [3.8, 4) is 0 Å². The number of nitrogens with one attached hydrogen (secondary N) is 1. The van der Waals surface area contributed by atoms with E-state index >= 15 is 0 Å². The Bertz CT molecular complexity index is 355. The van der Waals surface area contributed by atoms with Crippen molar-refractivity contribution in [2.24, 2.45) is 0 Å². The molecule has 0 saturated heterocycles. The molecule has 1 rings (SSSR count). The van der Waals surface area contributed by atoms with Crippen molar-refractivity contribution in [3.05, 3.63) is 34.1 Å². The van der Waals surface area contributed by atoms with Gasteiger partial charge in [-0.1, -0.05) is 29.8 Å². The van der Waals surface area contributed by atoms with Crippen LogP contribution in [0.1, 0.15) is 19.4 Å². The van der Waals surface area contributed by atoms with E-state index in [4.69, 9.17) is 0 Å². The Morgan fingerprint density at radius 2 is 2.12 bits per heavy atom. The molecule has 0 heterocycles. The average Bonchev–Trinajstić information content (AvgIpc) is 2.22. The molecule has 4 heteroatoms. The van der Waals surface area contributed by atoms with Crippen LogP contribution in [0.3, 0.4) is 0 Å². The van der Waals surface area contributed by atoms with Gasteiger partial charge in [0.05, 0.1) is 0 Å². The summed E-state index contributed by atoms with van der Waals surface area (Å²) in [6.07, 6.45) is 0.